The second-order valence-corrected chi connectivity index (χ2v) is 6.98. The number of rotatable bonds is 2. The summed E-state index contributed by atoms with van der Waals surface area (Å²) in [5.74, 6) is -0.282. The lowest BCUT2D eigenvalue weighted by Gasteiger charge is -2.26. The summed E-state index contributed by atoms with van der Waals surface area (Å²) < 4.78 is 5.40. The van der Waals surface area contributed by atoms with Crippen molar-refractivity contribution in [2.45, 2.75) is 18.5 Å². The van der Waals surface area contributed by atoms with Crippen molar-refractivity contribution in [1.29, 1.82) is 0 Å². The van der Waals surface area contributed by atoms with Crippen LogP contribution in [-0.4, -0.2) is 35.3 Å². The summed E-state index contributed by atoms with van der Waals surface area (Å²) >= 11 is 0. The van der Waals surface area contributed by atoms with Crippen molar-refractivity contribution in [3.8, 4) is 11.1 Å². The van der Waals surface area contributed by atoms with Gasteiger partial charge in [-0.1, -0.05) is 30.3 Å². The Hall–Kier alpha value is -3.41. The number of nitrogens with one attached hydrogen (secondary N) is 1. The standard InChI is InChI=1S/C21H16N2O4/c24-19-17-10-15(22-19)11-23(17)20(25)14-6-3-5-12(8-14)16-9-13-4-1-2-7-18(13)27-21(16)26/h1-9,15,17H,10-11H2,(H,22,24)/t15-,17-/m0/s1. The fourth-order valence-corrected chi connectivity index (χ4v) is 3.96. The number of nitrogens with zero attached hydrogens (tertiary/aromatic N) is 1. The average Bonchev–Trinajstić information content (AvgIpc) is 3.26. The molecule has 0 aliphatic carbocycles. The number of hydrogen-bond donors (Lipinski definition) is 1. The maximum Gasteiger partial charge on any atom is 0.344 e. The van der Waals surface area contributed by atoms with Crippen molar-refractivity contribution in [2.75, 3.05) is 6.54 Å². The van der Waals surface area contributed by atoms with Crippen LogP contribution in [0.1, 0.15) is 16.8 Å². The number of amides is 2. The first-order chi connectivity index (χ1) is 13.1. The zero-order valence-corrected chi connectivity index (χ0v) is 14.3. The molecule has 134 valence electrons. The highest BCUT2D eigenvalue weighted by atomic mass is 16.4. The van der Waals surface area contributed by atoms with Crippen molar-refractivity contribution in [2.24, 2.45) is 0 Å². The largest absolute Gasteiger partial charge is 0.422 e. The van der Waals surface area contributed by atoms with E-state index in [4.69, 9.17) is 4.42 Å². The van der Waals surface area contributed by atoms with E-state index in [0.29, 0.717) is 35.2 Å². The third-order valence-corrected chi connectivity index (χ3v) is 5.27. The Morgan fingerprint density at radius 2 is 1.93 bits per heavy atom. The molecule has 5 rings (SSSR count). The van der Waals surface area contributed by atoms with Gasteiger partial charge in [0.15, 0.2) is 0 Å². The van der Waals surface area contributed by atoms with Gasteiger partial charge < -0.3 is 14.6 Å². The van der Waals surface area contributed by atoms with E-state index in [1.807, 2.05) is 18.2 Å². The lowest BCUT2D eigenvalue weighted by Crippen LogP contribution is -2.50. The van der Waals surface area contributed by atoms with Crippen molar-refractivity contribution in [3.63, 3.8) is 0 Å². The minimum Gasteiger partial charge on any atom is -0.422 e. The predicted molar refractivity (Wildman–Crippen MR) is 99.3 cm³/mol. The number of hydrogen-bond acceptors (Lipinski definition) is 4. The van der Waals surface area contributed by atoms with Gasteiger partial charge in [-0.2, -0.15) is 0 Å². The van der Waals surface area contributed by atoms with Gasteiger partial charge in [-0.25, -0.2) is 4.79 Å². The topological polar surface area (TPSA) is 79.6 Å². The molecule has 27 heavy (non-hydrogen) atoms. The van der Waals surface area contributed by atoms with Crippen LogP contribution in [0.4, 0.5) is 0 Å². The van der Waals surface area contributed by atoms with Crippen LogP contribution in [0.25, 0.3) is 22.1 Å². The summed E-state index contributed by atoms with van der Waals surface area (Å²) in [5, 5.41) is 3.68. The molecule has 6 heteroatoms. The van der Waals surface area contributed by atoms with E-state index < -0.39 is 11.7 Å². The van der Waals surface area contributed by atoms with E-state index in [-0.39, 0.29) is 17.9 Å². The summed E-state index contributed by atoms with van der Waals surface area (Å²) in [7, 11) is 0. The minimum atomic E-state index is -0.446. The van der Waals surface area contributed by atoms with Crippen LogP contribution >= 0.6 is 0 Å². The fourth-order valence-electron chi connectivity index (χ4n) is 3.96. The monoisotopic (exact) mass is 360 g/mol. The lowest BCUT2D eigenvalue weighted by atomic mass is 10.0. The molecule has 2 bridgehead atoms. The highest BCUT2D eigenvalue weighted by molar-refractivity contribution is 6.00. The number of piperazine rings is 1. The molecule has 2 aliphatic heterocycles. The van der Waals surface area contributed by atoms with Crippen molar-refractivity contribution in [1.82, 2.24) is 10.2 Å². The van der Waals surface area contributed by atoms with Gasteiger partial charge in [-0.3, -0.25) is 9.59 Å². The predicted octanol–water partition coefficient (Wildman–Crippen LogP) is 2.17. The Morgan fingerprint density at radius 1 is 1.07 bits per heavy atom. The van der Waals surface area contributed by atoms with Crippen molar-refractivity contribution >= 4 is 22.8 Å². The van der Waals surface area contributed by atoms with Crippen LogP contribution in [0.2, 0.25) is 0 Å². The Kier molecular flexibility index (Phi) is 3.40. The van der Waals surface area contributed by atoms with Gasteiger partial charge in [0, 0.05) is 23.5 Å². The first kappa shape index (κ1) is 15.8. The van der Waals surface area contributed by atoms with E-state index >= 15 is 0 Å². The molecular formula is C21H16N2O4. The molecular weight excluding hydrogens is 344 g/mol. The van der Waals surface area contributed by atoms with Crippen LogP contribution in [0.3, 0.4) is 0 Å². The van der Waals surface area contributed by atoms with E-state index in [0.717, 1.165) is 5.39 Å². The van der Waals surface area contributed by atoms with Crippen LogP contribution in [-0.2, 0) is 4.79 Å². The molecule has 1 aromatic heterocycles. The molecule has 3 aromatic rings. The van der Waals surface area contributed by atoms with Crippen molar-refractivity contribution in [3.05, 3.63) is 70.6 Å². The van der Waals surface area contributed by atoms with Crippen molar-refractivity contribution < 1.29 is 14.0 Å². The second-order valence-electron chi connectivity index (χ2n) is 6.98. The zero-order chi connectivity index (χ0) is 18.5. The summed E-state index contributed by atoms with van der Waals surface area (Å²) in [5.41, 5.74) is 1.56. The van der Waals surface area contributed by atoms with Crippen LogP contribution in [0.5, 0.6) is 0 Å². The highest BCUT2D eigenvalue weighted by Gasteiger charge is 2.46. The number of carbonyl (C=O) groups is 2. The molecule has 2 aromatic carbocycles. The molecule has 3 heterocycles. The molecule has 2 aliphatic rings. The second kappa shape index (κ2) is 5.81. The van der Waals surface area contributed by atoms with E-state index in [9.17, 15) is 14.4 Å². The lowest BCUT2D eigenvalue weighted by molar-refractivity contribution is -0.124. The fraction of sp³-hybridized carbons (Fsp3) is 0.190. The quantitative estimate of drug-likeness (QED) is 0.711. The Balaban J connectivity index is 1.53. The van der Waals surface area contributed by atoms with Crippen LogP contribution in [0, 0.1) is 0 Å². The van der Waals surface area contributed by atoms with Crippen LogP contribution in [0.15, 0.2) is 63.8 Å². The molecule has 2 atom stereocenters. The number of fused-ring (bicyclic) bond motifs is 3. The average molecular weight is 360 g/mol. The first-order valence-corrected chi connectivity index (χ1v) is 8.85. The summed E-state index contributed by atoms with van der Waals surface area (Å²) in [6, 6.07) is 15.6. The normalized spacial score (nSPS) is 20.9. The van der Waals surface area contributed by atoms with E-state index in [1.165, 1.54) is 0 Å². The van der Waals surface area contributed by atoms with Crippen LogP contribution < -0.4 is 10.9 Å². The summed E-state index contributed by atoms with van der Waals surface area (Å²) in [4.78, 5) is 38.8. The smallest absolute Gasteiger partial charge is 0.344 e. The summed E-state index contributed by atoms with van der Waals surface area (Å²) in [6.07, 6.45) is 0.665. The first-order valence-electron chi connectivity index (χ1n) is 8.85. The molecule has 2 saturated heterocycles. The highest BCUT2D eigenvalue weighted by Crippen LogP contribution is 2.27. The van der Waals surface area contributed by atoms with Gasteiger partial charge in [0.1, 0.15) is 11.6 Å². The Bertz CT molecular complexity index is 1150. The molecule has 6 nitrogen and oxygen atoms in total. The van der Waals surface area contributed by atoms with Gasteiger partial charge >= 0.3 is 5.63 Å². The SMILES string of the molecule is O=C1N[C@H]2C[C@@H]1N(C(=O)c1cccc(-c3cc4ccccc4oc3=O)c1)C2. The van der Waals surface area contributed by atoms with Gasteiger partial charge in [0.05, 0.1) is 5.56 Å². The van der Waals surface area contributed by atoms with E-state index in [1.54, 1.807) is 41.3 Å². The maximum absolute atomic E-state index is 12.9. The molecule has 0 radical (unpaired) electrons. The van der Waals surface area contributed by atoms with E-state index in [2.05, 4.69) is 5.32 Å². The Morgan fingerprint density at radius 3 is 2.74 bits per heavy atom. The minimum absolute atomic E-state index is 0.0437. The Labute approximate surface area is 154 Å². The number of likely N-dealkylation sites (tertiary alicyclic amines) is 1. The molecule has 0 spiro atoms. The number of carbonyl (C=O) groups excluding carboxylic acids is 2. The molecule has 0 unspecified atom stereocenters. The molecule has 2 fully saturated rings. The molecule has 0 saturated carbocycles. The van der Waals surface area contributed by atoms with Gasteiger partial charge in [0.2, 0.25) is 5.91 Å². The number of benzene rings is 2. The third kappa shape index (κ3) is 2.52. The summed E-state index contributed by atoms with van der Waals surface area (Å²) in [6.45, 7) is 0.525. The van der Waals surface area contributed by atoms with Gasteiger partial charge in [-0.05, 0) is 36.2 Å². The third-order valence-electron chi connectivity index (χ3n) is 5.27. The van der Waals surface area contributed by atoms with Gasteiger partial charge in [-0.15, -0.1) is 0 Å². The molecule has 2 amide bonds. The van der Waals surface area contributed by atoms with Gasteiger partial charge in [0.25, 0.3) is 5.91 Å². The number of para-hydroxylation sites is 1. The molecule has 1 N–H and O–H groups in total. The maximum atomic E-state index is 12.9. The zero-order valence-electron chi connectivity index (χ0n) is 14.3.